The number of benzene rings is 13. The van der Waals surface area contributed by atoms with Crippen molar-refractivity contribution in [1.29, 1.82) is 0 Å². The van der Waals surface area contributed by atoms with Gasteiger partial charge in [0.2, 0.25) is 0 Å². The first-order chi connectivity index (χ1) is 48.5. The highest BCUT2D eigenvalue weighted by Gasteiger charge is 2.43. The molecular weight excluding hydrogens is 1200 g/mol. The first kappa shape index (κ1) is 57.6. The highest BCUT2D eigenvalue weighted by atomic mass is 16.5. The van der Waals surface area contributed by atoms with Crippen molar-refractivity contribution in [3.05, 3.63) is 351 Å². The van der Waals surface area contributed by atoms with E-state index in [1.807, 2.05) is 109 Å². The van der Waals surface area contributed by atoms with Gasteiger partial charge in [-0.2, -0.15) is 0 Å². The molecule has 0 saturated heterocycles. The van der Waals surface area contributed by atoms with Gasteiger partial charge in [-0.15, -0.1) is 0 Å². The summed E-state index contributed by atoms with van der Waals surface area (Å²) in [6, 6.07) is 118. The van der Waals surface area contributed by atoms with Gasteiger partial charge in [-0.05, 0) is 130 Å². The first-order valence-corrected chi connectivity index (χ1v) is 33.0. The molecule has 98 heavy (non-hydrogen) atoms. The van der Waals surface area contributed by atoms with Gasteiger partial charge in [0.05, 0.1) is 45.1 Å². The van der Waals surface area contributed by atoms with Gasteiger partial charge in [-0.1, -0.05) is 243 Å². The van der Waals surface area contributed by atoms with E-state index in [0.717, 1.165) is 129 Å². The molecular formula is C88H58BN7O2. The highest BCUT2D eigenvalue weighted by Crippen LogP contribution is 2.47. The van der Waals surface area contributed by atoms with Gasteiger partial charge in [-0.3, -0.25) is 0 Å². The molecule has 2 aliphatic rings. The largest absolute Gasteiger partial charge is 0.457 e. The van der Waals surface area contributed by atoms with Crippen molar-refractivity contribution in [1.82, 2.24) is 24.5 Å². The van der Waals surface area contributed by atoms with Crippen LogP contribution >= 0.6 is 0 Å². The first-order valence-electron chi connectivity index (χ1n) is 33.0. The van der Waals surface area contributed by atoms with Crippen LogP contribution in [0.5, 0.6) is 0 Å². The standard InChI is InChI=1S/C88H58BN7O2/c97-88(98-57-58-25-7-1-8-26-58)65-48-50-79-70(52-65)69-37-19-22-40-78(69)96(79)80-49-47-64(76-55-74(60-27-9-2-10-28-60)90-86(92-76)62-31-13-4-14-32-62)51-71(80)77-56-75(61-29-11-3-12-30-61)91-87(93-77)63-45-43-59(44-46-63)66-53-83-85-84(54-66)95(68-35-17-6-18-36-68)82-42-24-21-39-73(82)89(85)72-38-20-23-41-81(72)94(83)67-33-15-5-16-34-67/h1-56H,57H2. The third-order valence-electron chi connectivity index (χ3n) is 18.9. The number of anilines is 6. The molecule has 0 radical (unpaired) electrons. The molecule has 2 aliphatic heterocycles. The summed E-state index contributed by atoms with van der Waals surface area (Å²) in [5.74, 6) is 0.783. The summed E-state index contributed by atoms with van der Waals surface area (Å²) in [6.07, 6.45) is 0. The predicted octanol–water partition coefficient (Wildman–Crippen LogP) is 19.5. The SMILES string of the molecule is O=C(OCc1ccccc1)c1ccc2c(c1)c1ccccc1n2-c1ccc(-c2cc(-c3ccccc3)nc(-c3ccccc3)n2)cc1-c1cc(-c2ccccc2)nc(-c2ccc(-c3cc4c5c(c3)N(c3ccccc3)c3ccccc3B5c3ccccc3N4c3ccccc3)cc2)n1. The van der Waals surface area contributed by atoms with Crippen LogP contribution in [0.1, 0.15) is 15.9 Å². The van der Waals surface area contributed by atoms with Gasteiger partial charge in [0.15, 0.2) is 11.6 Å². The Morgan fingerprint density at radius 3 is 1.37 bits per heavy atom. The van der Waals surface area contributed by atoms with Crippen LogP contribution in [-0.4, -0.2) is 37.2 Å². The van der Waals surface area contributed by atoms with Gasteiger partial charge < -0.3 is 19.1 Å². The van der Waals surface area contributed by atoms with Crippen LogP contribution in [0.15, 0.2) is 340 Å². The van der Waals surface area contributed by atoms with E-state index in [1.165, 1.54) is 16.4 Å². The number of hydrogen-bond acceptors (Lipinski definition) is 8. The molecule has 9 nitrogen and oxygen atoms in total. The second kappa shape index (κ2) is 24.4. The zero-order valence-corrected chi connectivity index (χ0v) is 53.1. The van der Waals surface area contributed by atoms with Crippen LogP contribution in [-0.2, 0) is 11.3 Å². The molecule has 0 amide bonds. The maximum atomic E-state index is 13.9. The lowest BCUT2D eigenvalue weighted by Gasteiger charge is -2.44. The summed E-state index contributed by atoms with van der Waals surface area (Å²) in [6.45, 7) is 0.164. The van der Waals surface area contributed by atoms with Crippen molar-refractivity contribution in [3.63, 3.8) is 0 Å². The Hall–Kier alpha value is -13.0. The summed E-state index contributed by atoms with van der Waals surface area (Å²) in [4.78, 5) is 40.5. The average Bonchev–Trinajstić information content (AvgIpc) is 1.03. The number of fused-ring (bicyclic) bond motifs is 7. The topological polar surface area (TPSA) is 89.3 Å². The van der Waals surface area contributed by atoms with Crippen molar-refractivity contribution in [2.45, 2.75) is 6.61 Å². The number of aromatic nitrogens is 5. The van der Waals surface area contributed by atoms with Crippen LogP contribution in [0.3, 0.4) is 0 Å². The van der Waals surface area contributed by atoms with E-state index in [4.69, 9.17) is 24.7 Å². The molecule has 0 aliphatic carbocycles. The van der Waals surface area contributed by atoms with Crippen molar-refractivity contribution in [2.75, 3.05) is 9.80 Å². The van der Waals surface area contributed by atoms with Gasteiger partial charge in [0, 0.05) is 78.3 Å². The van der Waals surface area contributed by atoms with E-state index in [2.05, 4.69) is 245 Å². The van der Waals surface area contributed by atoms with Crippen LogP contribution in [0, 0.1) is 0 Å². The normalized spacial score (nSPS) is 12.1. The molecule has 0 spiro atoms. The van der Waals surface area contributed by atoms with Crippen LogP contribution in [0.2, 0.25) is 0 Å². The maximum absolute atomic E-state index is 13.9. The lowest BCUT2D eigenvalue weighted by Crippen LogP contribution is -2.61. The quantitative estimate of drug-likeness (QED) is 0.0833. The minimum Gasteiger partial charge on any atom is -0.457 e. The van der Waals surface area contributed by atoms with E-state index in [-0.39, 0.29) is 13.3 Å². The monoisotopic (exact) mass is 1260 g/mol. The molecule has 0 unspecified atom stereocenters. The third kappa shape index (κ3) is 10.3. The molecule has 0 bridgehead atoms. The number of hydrogen-bond donors (Lipinski definition) is 0. The second-order valence-corrected chi connectivity index (χ2v) is 24.8. The van der Waals surface area contributed by atoms with E-state index in [9.17, 15) is 4.79 Å². The van der Waals surface area contributed by atoms with Gasteiger partial charge in [0.1, 0.15) is 6.61 Å². The predicted molar refractivity (Wildman–Crippen MR) is 400 cm³/mol. The van der Waals surface area contributed by atoms with Crippen LogP contribution < -0.4 is 26.2 Å². The van der Waals surface area contributed by atoms with Crippen LogP contribution in [0.25, 0.3) is 106 Å². The number of ether oxygens (including phenoxy) is 1. The molecule has 3 aromatic heterocycles. The zero-order chi connectivity index (χ0) is 65.0. The zero-order valence-electron chi connectivity index (χ0n) is 53.1. The van der Waals surface area contributed by atoms with Crippen molar-refractivity contribution in [2.24, 2.45) is 0 Å². The smallest absolute Gasteiger partial charge is 0.338 e. The number of para-hydroxylation sites is 5. The molecule has 0 atom stereocenters. The molecule has 10 heteroatoms. The molecule has 0 saturated carbocycles. The number of carbonyl (C=O) groups excluding carboxylic acids is 1. The van der Waals surface area contributed by atoms with E-state index < -0.39 is 5.97 Å². The second-order valence-electron chi connectivity index (χ2n) is 24.8. The minimum atomic E-state index is -0.394. The summed E-state index contributed by atoms with van der Waals surface area (Å²) >= 11 is 0. The number of nitrogens with zero attached hydrogens (tertiary/aromatic N) is 7. The molecule has 18 rings (SSSR count). The van der Waals surface area contributed by atoms with E-state index >= 15 is 0 Å². The lowest BCUT2D eigenvalue weighted by molar-refractivity contribution is 0.0473. The third-order valence-corrected chi connectivity index (χ3v) is 18.9. The fourth-order valence-corrected chi connectivity index (χ4v) is 14.4. The Bertz CT molecular complexity index is 5550. The van der Waals surface area contributed by atoms with Crippen molar-refractivity contribution >= 4 is 85.0 Å². The van der Waals surface area contributed by atoms with E-state index in [1.54, 1.807) is 0 Å². The average molecular weight is 1260 g/mol. The molecule has 460 valence electrons. The Morgan fingerprint density at radius 1 is 0.327 bits per heavy atom. The summed E-state index contributed by atoms with van der Waals surface area (Å²) in [5.41, 5.74) is 25.2. The summed E-state index contributed by atoms with van der Waals surface area (Å²) in [5, 5.41) is 1.89. The lowest BCUT2D eigenvalue weighted by atomic mass is 9.33. The molecule has 5 heterocycles. The molecule has 0 N–H and O–H groups in total. The van der Waals surface area contributed by atoms with Crippen molar-refractivity contribution in [3.8, 4) is 84.6 Å². The number of rotatable bonds is 13. The number of carbonyl (C=O) groups is 1. The van der Waals surface area contributed by atoms with Crippen molar-refractivity contribution < 1.29 is 9.53 Å². The minimum absolute atomic E-state index is 0.00312. The summed E-state index contributed by atoms with van der Waals surface area (Å²) < 4.78 is 8.20. The van der Waals surface area contributed by atoms with Gasteiger partial charge in [0.25, 0.3) is 6.71 Å². The molecule has 13 aromatic carbocycles. The van der Waals surface area contributed by atoms with E-state index in [0.29, 0.717) is 22.9 Å². The molecule has 16 aromatic rings. The summed E-state index contributed by atoms with van der Waals surface area (Å²) in [7, 11) is 0. The maximum Gasteiger partial charge on any atom is 0.338 e. The number of esters is 1. The Balaban J connectivity index is 0.820. The highest BCUT2D eigenvalue weighted by molar-refractivity contribution is 7.00. The fraction of sp³-hybridized carbons (Fsp3) is 0.0114. The Morgan fingerprint density at radius 2 is 0.776 bits per heavy atom. The van der Waals surface area contributed by atoms with Crippen LogP contribution in [0.4, 0.5) is 34.1 Å². The molecule has 0 fully saturated rings. The fourth-order valence-electron chi connectivity index (χ4n) is 14.4. The Labute approximate surface area is 567 Å². The van der Waals surface area contributed by atoms with Gasteiger partial charge in [-0.25, -0.2) is 24.7 Å². The van der Waals surface area contributed by atoms with Gasteiger partial charge >= 0.3 is 5.97 Å². The Kier molecular flexibility index (Phi) is 14.3.